The highest BCUT2D eigenvalue weighted by Gasteiger charge is 2.39. The number of rotatable bonds is 8. The molecule has 0 heterocycles. The van der Waals surface area contributed by atoms with Crippen LogP contribution in [0.3, 0.4) is 0 Å². The summed E-state index contributed by atoms with van der Waals surface area (Å²) in [6, 6.07) is 0. The van der Waals surface area contributed by atoms with Crippen LogP contribution in [0.4, 0.5) is 0 Å². The minimum atomic E-state index is 0.288. The van der Waals surface area contributed by atoms with E-state index < -0.39 is 0 Å². The van der Waals surface area contributed by atoms with Crippen molar-refractivity contribution in [2.75, 3.05) is 19.6 Å². The van der Waals surface area contributed by atoms with Crippen LogP contribution in [0.15, 0.2) is 0 Å². The van der Waals surface area contributed by atoms with E-state index in [0.29, 0.717) is 0 Å². The molecule has 1 aliphatic carbocycles. The van der Waals surface area contributed by atoms with Crippen molar-refractivity contribution in [3.05, 3.63) is 0 Å². The van der Waals surface area contributed by atoms with Gasteiger partial charge in [-0.05, 0) is 43.6 Å². The van der Waals surface area contributed by atoms with Crippen LogP contribution in [-0.2, 0) is 0 Å². The summed E-state index contributed by atoms with van der Waals surface area (Å²) in [5.41, 5.74) is 6.57. The van der Waals surface area contributed by atoms with E-state index in [1.807, 2.05) is 0 Å². The molecule has 0 radical (unpaired) electrons. The molecule has 2 heteroatoms. The zero-order valence-corrected chi connectivity index (χ0v) is 14.6. The average molecular weight is 283 g/mol. The Morgan fingerprint density at radius 1 is 1.25 bits per heavy atom. The normalized spacial score (nSPS) is 29.1. The molecule has 0 aromatic heterocycles. The van der Waals surface area contributed by atoms with Gasteiger partial charge in [0.2, 0.25) is 0 Å². The Morgan fingerprint density at radius 3 is 2.45 bits per heavy atom. The second-order valence-electron chi connectivity index (χ2n) is 7.57. The van der Waals surface area contributed by atoms with Crippen molar-refractivity contribution in [1.29, 1.82) is 0 Å². The lowest BCUT2D eigenvalue weighted by molar-refractivity contribution is 0.0248. The molecule has 0 spiro atoms. The van der Waals surface area contributed by atoms with Gasteiger partial charge < -0.3 is 5.73 Å². The van der Waals surface area contributed by atoms with Crippen molar-refractivity contribution in [1.82, 2.24) is 4.90 Å². The quantitative estimate of drug-likeness (QED) is 0.719. The Labute approximate surface area is 127 Å². The van der Waals surface area contributed by atoms with E-state index in [2.05, 4.69) is 39.5 Å². The van der Waals surface area contributed by atoms with Crippen LogP contribution >= 0.6 is 0 Å². The molecule has 0 aliphatic heterocycles. The maximum Gasteiger partial charge on any atom is 0.0334 e. The Kier molecular flexibility index (Phi) is 7.53. The van der Waals surface area contributed by atoms with Crippen LogP contribution in [0.1, 0.15) is 73.1 Å². The fraction of sp³-hybridized carbons (Fsp3) is 1.00. The monoisotopic (exact) mass is 282 g/mol. The third kappa shape index (κ3) is 4.73. The summed E-state index contributed by atoms with van der Waals surface area (Å²) >= 11 is 0. The Hall–Kier alpha value is -0.0800. The lowest BCUT2D eigenvalue weighted by Gasteiger charge is -2.49. The minimum Gasteiger partial charge on any atom is -0.329 e. The summed E-state index contributed by atoms with van der Waals surface area (Å²) in [6.07, 6.45) is 8.07. The number of likely N-dealkylation sites (N-methyl/N-ethyl adjacent to an activating group) is 1. The molecule has 0 aromatic rings. The highest BCUT2D eigenvalue weighted by atomic mass is 15.2. The molecule has 1 saturated carbocycles. The van der Waals surface area contributed by atoms with Gasteiger partial charge >= 0.3 is 0 Å². The van der Waals surface area contributed by atoms with Crippen LogP contribution in [0.25, 0.3) is 0 Å². The van der Waals surface area contributed by atoms with Crippen LogP contribution in [0.5, 0.6) is 0 Å². The fourth-order valence-electron chi connectivity index (χ4n) is 4.09. The van der Waals surface area contributed by atoms with E-state index in [0.717, 1.165) is 30.8 Å². The fourth-order valence-corrected chi connectivity index (χ4v) is 4.09. The molecule has 3 atom stereocenters. The largest absolute Gasteiger partial charge is 0.329 e. The first-order valence-electron chi connectivity index (χ1n) is 8.92. The summed E-state index contributed by atoms with van der Waals surface area (Å²) in [5.74, 6) is 2.49. The topological polar surface area (TPSA) is 29.3 Å². The Bertz CT molecular complexity index is 264. The lowest BCUT2D eigenvalue weighted by Crippen LogP contribution is -2.57. The van der Waals surface area contributed by atoms with Gasteiger partial charge in [-0.3, -0.25) is 4.90 Å². The maximum absolute atomic E-state index is 6.28. The molecule has 1 fully saturated rings. The Balaban J connectivity index is 2.76. The van der Waals surface area contributed by atoms with Crippen molar-refractivity contribution in [3.63, 3.8) is 0 Å². The second-order valence-corrected chi connectivity index (χ2v) is 7.57. The van der Waals surface area contributed by atoms with Crippen LogP contribution in [0.2, 0.25) is 0 Å². The van der Waals surface area contributed by atoms with Crippen molar-refractivity contribution in [3.8, 4) is 0 Å². The van der Waals surface area contributed by atoms with Gasteiger partial charge in [-0.1, -0.05) is 53.9 Å². The molecule has 2 nitrogen and oxygen atoms in total. The molecule has 120 valence electrons. The van der Waals surface area contributed by atoms with Gasteiger partial charge in [-0.25, -0.2) is 0 Å². The van der Waals surface area contributed by atoms with Crippen molar-refractivity contribution in [2.45, 2.75) is 78.7 Å². The summed E-state index contributed by atoms with van der Waals surface area (Å²) < 4.78 is 0. The van der Waals surface area contributed by atoms with Crippen molar-refractivity contribution < 1.29 is 0 Å². The summed E-state index contributed by atoms with van der Waals surface area (Å²) in [7, 11) is 0. The van der Waals surface area contributed by atoms with Gasteiger partial charge in [-0.2, -0.15) is 0 Å². The zero-order chi connectivity index (χ0) is 15.2. The van der Waals surface area contributed by atoms with Gasteiger partial charge in [0.1, 0.15) is 0 Å². The van der Waals surface area contributed by atoms with Gasteiger partial charge in [0, 0.05) is 18.6 Å². The van der Waals surface area contributed by atoms with Crippen LogP contribution in [0, 0.1) is 17.8 Å². The highest BCUT2D eigenvalue weighted by molar-refractivity contribution is 4.96. The molecule has 20 heavy (non-hydrogen) atoms. The molecule has 0 aromatic carbocycles. The zero-order valence-electron chi connectivity index (χ0n) is 14.6. The van der Waals surface area contributed by atoms with Gasteiger partial charge in [0.05, 0.1) is 0 Å². The predicted octanol–water partition coefficient (Wildman–Crippen LogP) is 4.29. The Morgan fingerprint density at radius 2 is 1.95 bits per heavy atom. The first-order valence-corrected chi connectivity index (χ1v) is 8.92. The standard InChI is InChI=1S/C18H38N2/c1-6-16(5)13-20(7-2)18(14-19)10-8-9-17(12-18)11-15(3)4/h15-17H,6-14,19H2,1-5H3. The van der Waals surface area contributed by atoms with E-state index in [9.17, 15) is 0 Å². The van der Waals surface area contributed by atoms with E-state index >= 15 is 0 Å². The highest BCUT2D eigenvalue weighted by Crippen LogP contribution is 2.39. The summed E-state index contributed by atoms with van der Waals surface area (Å²) in [5, 5.41) is 0. The van der Waals surface area contributed by atoms with E-state index in [1.165, 1.54) is 45.1 Å². The lowest BCUT2D eigenvalue weighted by atomic mass is 9.72. The van der Waals surface area contributed by atoms with E-state index in [-0.39, 0.29) is 5.54 Å². The number of nitrogens with two attached hydrogens (primary N) is 1. The molecule has 2 N–H and O–H groups in total. The van der Waals surface area contributed by atoms with Gasteiger partial charge in [0.15, 0.2) is 0 Å². The summed E-state index contributed by atoms with van der Waals surface area (Å²) in [4.78, 5) is 2.72. The number of nitrogens with zero attached hydrogens (tertiary/aromatic N) is 1. The average Bonchev–Trinajstić information content (AvgIpc) is 2.43. The van der Waals surface area contributed by atoms with Crippen molar-refractivity contribution >= 4 is 0 Å². The molecule has 1 rings (SSSR count). The molecule has 1 aliphatic rings. The van der Waals surface area contributed by atoms with Gasteiger partial charge in [-0.15, -0.1) is 0 Å². The van der Waals surface area contributed by atoms with E-state index in [1.54, 1.807) is 0 Å². The molecule has 3 unspecified atom stereocenters. The molecule has 0 bridgehead atoms. The van der Waals surface area contributed by atoms with Gasteiger partial charge in [0.25, 0.3) is 0 Å². The summed E-state index contributed by atoms with van der Waals surface area (Å²) in [6.45, 7) is 14.9. The minimum absolute atomic E-state index is 0.288. The molecule has 0 amide bonds. The molecule has 0 saturated heterocycles. The number of hydrogen-bond donors (Lipinski definition) is 1. The second kappa shape index (κ2) is 8.38. The van der Waals surface area contributed by atoms with Crippen LogP contribution < -0.4 is 5.73 Å². The smallest absolute Gasteiger partial charge is 0.0334 e. The SMILES string of the molecule is CCC(C)CN(CC)C1(CN)CCCC(CC(C)C)C1. The maximum atomic E-state index is 6.28. The first kappa shape index (κ1) is 18.0. The van der Waals surface area contributed by atoms with Crippen molar-refractivity contribution in [2.24, 2.45) is 23.5 Å². The molecular formula is C18H38N2. The molecular weight excluding hydrogens is 244 g/mol. The van der Waals surface area contributed by atoms with E-state index in [4.69, 9.17) is 5.73 Å². The third-order valence-corrected chi connectivity index (χ3v) is 5.39. The van der Waals surface area contributed by atoms with Crippen LogP contribution in [-0.4, -0.2) is 30.1 Å². The third-order valence-electron chi connectivity index (χ3n) is 5.39. The first-order chi connectivity index (χ1) is 9.47. The predicted molar refractivity (Wildman–Crippen MR) is 89.9 cm³/mol. The number of hydrogen-bond acceptors (Lipinski definition) is 2.